The van der Waals surface area contributed by atoms with Gasteiger partial charge in [0.15, 0.2) is 0 Å². The molecule has 4 nitrogen and oxygen atoms in total. The molecule has 98 valence electrons. The number of hydrogen-bond donors (Lipinski definition) is 1. The van der Waals surface area contributed by atoms with Crippen molar-refractivity contribution in [1.82, 2.24) is 10.2 Å². The topological polar surface area (TPSA) is 41.6 Å². The number of morpholine rings is 1. The summed E-state index contributed by atoms with van der Waals surface area (Å²) in [6, 6.07) is -1.67. The number of halogens is 3. The van der Waals surface area contributed by atoms with Crippen molar-refractivity contribution in [2.45, 2.75) is 12.2 Å². The quantitative estimate of drug-likeness (QED) is 0.743. The molecule has 1 heterocycles. The third-order valence-electron chi connectivity index (χ3n) is 2.52. The summed E-state index contributed by atoms with van der Waals surface area (Å²) in [7, 11) is 0. The Morgan fingerprint density at radius 3 is 2.53 bits per heavy atom. The van der Waals surface area contributed by atoms with Gasteiger partial charge in [-0.3, -0.25) is 9.69 Å². The van der Waals surface area contributed by atoms with Crippen LogP contribution in [0.25, 0.3) is 0 Å². The summed E-state index contributed by atoms with van der Waals surface area (Å²) in [5.74, 6) is -0.604. The molecule has 0 radical (unpaired) electrons. The fourth-order valence-corrected chi connectivity index (χ4v) is 1.61. The van der Waals surface area contributed by atoms with E-state index in [0.29, 0.717) is 0 Å². The molecule has 1 saturated heterocycles. The van der Waals surface area contributed by atoms with E-state index >= 15 is 0 Å². The molecule has 0 aromatic rings. The van der Waals surface area contributed by atoms with Crippen LogP contribution in [0.5, 0.6) is 0 Å². The van der Waals surface area contributed by atoms with Crippen molar-refractivity contribution in [2.75, 3.05) is 32.8 Å². The first kappa shape index (κ1) is 14.0. The monoisotopic (exact) mass is 252 g/mol. The molecule has 0 saturated carbocycles. The molecular formula is C10H15F3N2O2. The summed E-state index contributed by atoms with van der Waals surface area (Å²) in [6.45, 7) is 3.71. The first-order valence-electron chi connectivity index (χ1n) is 5.24. The first-order chi connectivity index (χ1) is 7.95. The zero-order valence-corrected chi connectivity index (χ0v) is 9.29. The molecule has 1 atom stereocenters. The Labute approximate surface area is 97.4 Å². The van der Waals surface area contributed by atoms with Gasteiger partial charge in [0.25, 0.3) is 0 Å². The lowest BCUT2D eigenvalue weighted by atomic mass is 10.2. The standard InChI is InChI=1S/C10H15F3N2O2/c1-2-9(16)14-7-8(10(11,12)13)15-3-5-17-6-4-15/h2,8H,1,3-7H2,(H,14,16). The maximum Gasteiger partial charge on any atom is 0.405 e. The Kier molecular flexibility index (Phi) is 4.95. The number of nitrogens with zero attached hydrogens (tertiary/aromatic N) is 1. The number of carbonyl (C=O) groups excluding carboxylic acids is 1. The van der Waals surface area contributed by atoms with Crippen LogP contribution in [0.4, 0.5) is 13.2 Å². The first-order valence-corrected chi connectivity index (χ1v) is 5.24. The van der Waals surface area contributed by atoms with Crippen molar-refractivity contribution in [1.29, 1.82) is 0 Å². The molecule has 0 aromatic heterocycles. The SMILES string of the molecule is C=CC(=O)NCC(N1CCOCC1)C(F)(F)F. The minimum Gasteiger partial charge on any atom is -0.379 e. The van der Waals surface area contributed by atoms with Crippen LogP contribution in [0.3, 0.4) is 0 Å². The van der Waals surface area contributed by atoms with E-state index in [4.69, 9.17) is 4.74 Å². The molecule has 1 rings (SSSR count). The van der Waals surface area contributed by atoms with E-state index < -0.39 is 24.7 Å². The van der Waals surface area contributed by atoms with Gasteiger partial charge in [0.1, 0.15) is 6.04 Å². The zero-order valence-electron chi connectivity index (χ0n) is 9.29. The average Bonchev–Trinajstić information content (AvgIpc) is 2.28. The molecule has 17 heavy (non-hydrogen) atoms. The second-order valence-corrected chi connectivity index (χ2v) is 3.66. The fraction of sp³-hybridized carbons (Fsp3) is 0.700. The minimum atomic E-state index is -4.37. The van der Waals surface area contributed by atoms with Gasteiger partial charge in [-0.05, 0) is 6.08 Å². The van der Waals surface area contributed by atoms with Gasteiger partial charge in [-0.2, -0.15) is 13.2 Å². The number of alkyl halides is 3. The molecule has 0 aliphatic carbocycles. The highest BCUT2D eigenvalue weighted by Crippen LogP contribution is 2.25. The lowest BCUT2D eigenvalue weighted by Crippen LogP contribution is -2.55. The normalized spacial score (nSPS) is 19.7. The second kappa shape index (κ2) is 6.02. The molecule has 0 aromatic carbocycles. The lowest BCUT2D eigenvalue weighted by Gasteiger charge is -2.35. The summed E-state index contributed by atoms with van der Waals surface area (Å²) >= 11 is 0. The van der Waals surface area contributed by atoms with Gasteiger partial charge in [-0.25, -0.2) is 0 Å². The summed E-state index contributed by atoms with van der Waals surface area (Å²) in [5, 5.41) is 2.18. The van der Waals surface area contributed by atoms with Crippen LogP contribution < -0.4 is 5.32 Å². The largest absolute Gasteiger partial charge is 0.405 e. The maximum atomic E-state index is 12.8. The summed E-state index contributed by atoms with van der Waals surface area (Å²) in [5.41, 5.74) is 0. The highest BCUT2D eigenvalue weighted by molar-refractivity contribution is 5.86. The highest BCUT2D eigenvalue weighted by Gasteiger charge is 2.43. The van der Waals surface area contributed by atoms with Crippen LogP contribution in [0.15, 0.2) is 12.7 Å². The Balaban J connectivity index is 2.59. The predicted molar refractivity (Wildman–Crippen MR) is 55.4 cm³/mol. The summed E-state index contributed by atoms with van der Waals surface area (Å²) < 4.78 is 43.4. The number of rotatable bonds is 4. The smallest absolute Gasteiger partial charge is 0.379 e. The van der Waals surface area contributed by atoms with E-state index in [2.05, 4.69) is 11.9 Å². The van der Waals surface area contributed by atoms with Gasteiger partial charge >= 0.3 is 6.18 Å². The average molecular weight is 252 g/mol. The highest BCUT2D eigenvalue weighted by atomic mass is 19.4. The van der Waals surface area contributed by atoms with Crippen LogP contribution in [-0.4, -0.2) is 55.9 Å². The summed E-state index contributed by atoms with van der Waals surface area (Å²) in [6.07, 6.45) is -3.42. The molecule has 0 spiro atoms. The lowest BCUT2D eigenvalue weighted by molar-refractivity contribution is -0.190. The van der Waals surface area contributed by atoms with Crippen molar-refractivity contribution >= 4 is 5.91 Å². The molecule has 1 N–H and O–H groups in total. The third kappa shape index (κ3) is 4.35. The van der Waals surface area contributed by atoms with E-state index in [1.807, 2.05) is 0 Å². The molecule has 1 amide bonds. The van der Waals surface area contributed by atoms with Crippen molar-refractivity contribution in [2.24, 2.45) is 0 Å². The van der Waals surface area contributed by atoms with Gasteiger partial charge in [0.05, 0.1) is 13.2 Å². The minimum absolute atomic E-state index is 0.216. The Morgan fingerprint density at radius 1 is 1.47 bits per heavy atom. The summed E-state index contributed by atoms with van der Waals surface area (Å²) in [4.78, 5) is 12.2. The predicted octanol–water partition coefficient (Wildman–Crippen LogP) is 0.552. The van der Waals surface area contributed by atoms with Crippen LogP contribution in [-0.2, 0) is 9.53 Å². The number of nitrogens with one attached hydrogen (secondary N) is 1. The molecule has 1 unspecified atom stereocenters. The van der Waals surface area contributed by atoms with Gasteiger partial charge < -0.3 is 10.1 Å². The van der Waals surface area contributed by atoms with Crippen LogP contribution in [0.2, 0.25) is 0 Å². The van der Waals surface area contributed by atoms with Gasteiger partial charge in [-0.1, -0.05) is 6.58 Å². The maximum absolute atomic E-state index is 12.8. The Hall–Kier alpha value is -1.08. The number of amides is 1. The van der Waals surface area contributed by atoms with Gasteiger partial charge in [0.2, 0.25) is 5.91 Å². The third-order valence-corrected chi connectivity index (χ3v) is 2.52. The van der Waals surface area contributed by atoms with Gasteiger partial charge in [-0.15, -0.1) is 0 Å². The van der Waals surface area contributed by atoms with E-state index in [1.54, 1.807) is 0 Å². The van der Waals surface area contributed by atoms with Crippen LogP contribution >= 0.6 is 0 Å². The molecule has 1 aliphatic heterocycles. The van der Waals surface area contributed by atoms with Crippen molar-refractivity contribution in [3.8, 4) is 0 Å². The number of carbonyl (C=O) groups is 1. The Bertz CT molecular complexity index is 275. The van der Waals surface area contributed by atoms with E-state index in [0.717, 1.165) is 6.08 Å². The van der Waals surface area contributed by atoms with Crippen molar-refractivity contribution in [3.05, 3.63) is 12.7 Å². The van der Waals surface area contributed by atoms with E-state index in [-0.39, 0.29) is 26.3 Å². The van der Waals surface area contributed by atoms with Crippen LogP contribution in [0.1, 0.15) is 0 Å². The van der Waals surface area contributed by atoms with Gasteiger partial charge in [0, 0.05) is 19.6 Å². The molecule has 7 heteroatoms. The second-order valence-electron chi connectivity index (χ2n) is 3.66. The fourth-order valence-electron chi connectivity index (χ4n) is 1.61. The van der Waals surface area contributed by atoms with E-state index in [9.17, 15) is 18.0 Å². The number of hydrogen-bond acceptors (Lipinski definition) is 3. The van der Waals surface area contributed by atoms with E-state index in [1.165, 1.54) is 4.90 Å². The molecule has 0 bridgehead atoms. The van der Waals surface area contributed by atoms with Crippen molar-refractivity contribution < 1.29 is 22.7 Å². The Morgan fingerprint density at radius 2 is 2.06 bits per heavy atom. The van der Waals surface area contributed by atoms with Crippen molar-refractivity contribution in [3.63, 3.8) is 0 Å². The molecular weight excluding hydrogens is 237 g/mol. The molecule has 1 fully saturated rings. The van der Waals surface area contributed by atoms with Crippen LogP contribution in [0, 0.1) is 0 Å². The zero-order chi connectivity index (χ0) is 12.9. The number of ether oxygens (including phenoxy) is 1. The molecule has 1 aliphatic rings.